The van der Waals surface area contributed by atoms with E-state index < -0.39 is 86.8 Å². The summed E-state index contributed by atoms with van der Waals surface area (Å²) >= 11 is 0. The predicted molar refractivity (Wildman–Crippen MR) is 377 cm³/mol. The van der Waals surface area contributed by atoms with E-state index in [9.17, 15) is 45.6 Å². The van der Waals surface area contributed by atoms with E-state index in [0.29, 0.717) is 12.8 Å². The Kier molecular flexibility index (Phi) is 54.8. The Morgan fingerprint density at radius 1 is 0.402 bits per heavy atom. The molecule has 2 fully saturated rings. The number of unbranched alkanes of at least 4 members (excludes halogenated alkanes) is 19. The van der Waals surface area contributed by atoms with E-state index in [-0.39, 0.29) is 18.9 Å². The van der Waals surface area contributed by atoms with Gasteiger partial charge < -0.3 is 65.1 Å². The van der Waals surface area contributed by atoms with Gasteiger partial charge in [-0.1, -0.05) is 262 Å². The summed E-state index contributed by atoms with van der Waals surface area (Å²) in [6, 6.07) is -0.966. The van der Waals surface area contributed by atoms with E-state index >= 15 is 0 Å². The molecule has 92 heavy (non-hydrogen) atoms. The fourth-order valence-electron chi connectivity index (χ4n) is 10.5. The molecule has 2 rings (SSSR count). The summed E-state index contributed by atoms with van der Waals surface area (Å²) in [6.45, 7) is 2.64. The molecular weight excluding hydrogens is 1160 g/mol. The molecule has 14 heteroatoms. The van der Waals surface area contributed by atoms with Crippen LogP contribution in [0.5, 0.6) is 0 Å². The van der Waals surface area contributed by atoms with Gasteiger partial charge in [-0.3, -0.25) is 4.79 Å². The Morgan fingerprint density at radius 3 is 1.20 bits per heavy atom. The first-order chi connectivity index (χ1) is 45.1. The molecule has 2 aliphatic heterocycles. The first-order valence-corrected chi connectivity index (χ1v) is 35.7. The molecule has 0 saturated carbocycles. The van der Waals surface area contributed by atoms with Crippen molar-refractivity contribution in [3.63, 3.8) is 0 Å². The standard InChI is InChI=1S/C78H127NO13/c1-3-5-7-9-11-13-15-17-19-21-23-25-27-28-29-30-31-32-33-34-35-36-37-38-40-42-44-46-48-50-52-54-56-58-60-62-70(83)79-66(65-89-77-75(88)73(86)76(69(64-81)91-77)92-78-74(87)72(85)71(84)68(63-80)90-78)67(82)61-59-57-55-53-51-49-47-45-43-41-39-26-24-22-20-18-16-14-12-10-8-6-4-2/h5,7,11,13,17,19,23,25,28-29,31-32,34-35,37-38,42-45,48,50-51,53,59,61,66-69,71-78,80-82,84-88H,3-4,6,8-10,12,14-16,18,20-22,24,26-27,30,33,36,39-41,46-47,49,52,54-58,60,62-65H2,1-2H3,(H,79,83)/b7-5-,13-11-,19-17-,25-23-,29-28-,32-31-,35-34-,38-37-,44-42-,45-43+,50-48-,53-51+,61-59+. The van der Waals surface area contributed by atoms with E-state index in [4.69, 9.17) is 18.9 Å². The zero-order valence-electron chi connectivity index (χ0n) is 56.7. The van der Waals surface area contributed by atoms with Gasteiger partial charge in [0.1, 0.15) is 48.8 Å². The fraction of sp³-hybridized carbons (Fsp3) is 0.654. The minimum absolute atomic E-state index is 0.229. The van der Waals surface area contributed by atoms with E-state index in [0.717, 1.165) is 116 Å². The summed E-state index contributed by atoms with van der Waals surface area (Å²) < 4.78 is 22.8. The summed E-state index contributed by atoms with van der Waals surface area (Å²) in [7, 11) is 0. The lowest BCUT2D eigenvalue weighted by Gasteiger charge is -2.46. The van der Waals surface area contributed by atoms with Crippen molar-refractivity contribution in [2.45, 2.75) is 306 Å². The fourth-order valence-corrected chi connectivity index (χ4v) is 10.5. The zero-order valence-corrected chi connectivity index (χ0v) is 56.7. The average molecular weight is 1290 g/mol. The molecule has 2 heterocycles. The average Bonchev–Trinajstić information content (AvgIpc) is 0.830. The monoisotopic (exact) mass is 1290 g/mol. The van der Waals surface area contributed by atoms with Crippen LogP contribution in [0.4, 0.5) is 0 Å². The van der Waals surface area contributed by atoms with Gasteiger partial charge in [0, 0.05) is 6.42 Å². The predicted octanol–water partition coefficient (Wildman–Crippen LogP) is 15.0. The van der Waals surface area contributed by atoms with Crippen molar-refractivity contribution in [3.05, 3.63) is 158 Å². The third kappa shape index (κ3) is 43.6. The maximum Gasteiger partial charge on any atom is 0.220 e. The van der Waals surface area contributed by atoms with Crippen LogP contribution in [0.3, 0.4) is 0 Å². The van der Waals surface area contributed by atoms with Crippen molar-refractivity contribution in [2.75, 3.05) is 19.8 Å². The molecule has 0 bridgehead atoms. The van der Waals surface area contributed by atoms with E-state index in [1.54, 1.807) is 6.08 Å². The molecule has 0 aromatic rings. The second-order valence-corrected chi connectivity index (χ2v) is 24.3. The number of carbonyl (C=O) groups is 1. The first kappa shape index (κ1) is 83.7. The highest BCUT2D eigenvalue weighted by molar-refractivity contribution is 5.76. The molecule has 2 aliphatic rings. The molecule has 0 radical (unpaired) electrons. The number of aliphatic hydroxyl groups excluding tert-OH is 8. The maximum atomic E-state index is 13.3. The normalized spacial score (nSPS) is 23.7. The molecule has 14 nitrogen and oxygen atoms in total. The number of hydrogen-bond acceptors (Lipinski definition) is 13. The van der Waals surface area contributed by atoms with Crippen molar-refractivity contribution < 1.29 is 64.6 Å². The van der Waals surface area contributed by atoms with Gasteiger partial charge in [0.25, 0.3) is 0 Å². The largest absolute Gasteiger partial charge is 0.394 e. The van der Waals surface area contributed by atoms with Gasteiger partial charge in [-0.2, -0.15) is 0 Å². The van der Waals surface area contributed by atoms with E-state index in [2.05, 4.69) is 165 Å². The lowest BCUT2D eigenvalue weighted by Crippen LogP contribution is -2.65. The summed E-state index contributed by atoms with van der Waals surface area (Å²) in [6.07, 6.45) is 75.7. The second kappa shape index (κ2) is 60.3. The molecule has 12 atom stereocenters. The lowest BCUT2D eigenvalue weighted by atomic mass is 9.97. The third-order valence-corrected chi connectivity index (χ3v) is 16.2. The second-order valence-electron chi connectivity index (χ2n) is 24.3. The number of rotatable bonds is 56. The molecule has 0 spiro atoms. The number of allylic oxidation sites excluding steroid dienone is 25. The molecule has 0 aliphatic carbocycles. The molecule has 2 saturated heterocycles. The number of nitrogens with one attached hydrogen (secondary N) is 1. The number of amides is 1. The summed E-state index contributed by atoms with van der Waals surface area (Å²) in [5.74, 6) is -0.284. The number of ether oxygens (including phenoxy) is 4. The van der Waals surface area contributed by atoms with Crippen LogP contribution in [-0.2, 0) is 23.7 Å². The highest BCUT2D eigenvalue weighted by Gasteiger charge is 2.51. The van der Waals surface area contributed by atoms with Crippen LogP contribution in [0.1, 0.15) is 232 Å². The third-order valence-electron chi connectivity index (χ3n) is 16.2. The summed E-state index contributed by atoms with van der Waals surface area (Å²) in [4.78, 5) is 13.3. The Labute approximate surface area is 556 Å². The molecule has 0 aromatic heterocycles. The minimum atomic E-state index is -1.80. The first-order valence-electron chi connectivity index (χ1n) is 35.7. The number of carbonyl (C=O) groups excluding carboxylic acids is 1. The van der Waals surface area contributed by atoms with Crippen molar-refractivity contribution in [3.8, 4) is 0 Å². The molecule has 9 N–H and O–H groups in total. The number of hydrogen-bond donors (Lipinski definition) is 9. The van der Waals surface area contributed by atoms with Crippen molar-refractivity contribution >= 4 is 5.91 Å². The Balaban J connectivity index is 1.72. The van der Waals surface area contributed by atoms with Gasteiger partial charge in [-0.15, -0.1) is 0 Å². The van der Waals surface area contributed by atoms with Crippen molar-refractivity contribution in [1.82, 2.24) is 5.32 Å². The highest BCUT2D eigenvalue weighted by atomic mass is 16.7. The van der Waals surface area contributed by atoms with Gasteiger partial charge in [0.2, 0.25) is 5.91 Å². The van der Waals surface area contributed by atoms with Crippen LogP contribution in [0.15, 0.2) is 158 Å². The van der Waals surface area contributed by atoms with Crippen molar-refractivity contribution in [2.24, 2.45) is 0 Å². The smallest absolute Gasteiger partial charge is 0.220 e. The van der Waals surface area contributed by atoms with E-state index in [1.807, 2.05) is 6.08 Å². The maximum absolute atomic E-state index is 13.3. The topological polar surface area (TPSA) is 228 Å². The van der Waals surface area contributed by atoms with Crippen LogP contribution in [-0.4, -0.2) is 140 Å². The van der Waals surface area contributed by atoms with Crippen LogP contribution >= 0.6 is 0 Å². The molecular formula is C78H127NO13. The molecule has 0 aromatic carbocycles. The van der Waals surface area contributed by atoms with E-state index in [1.165, 1.54) is 83.5 Å². The van der Waals surface area contributed by atoms with Crippen LogP contribution in [0.2, 0.25) is 0 Å². The quantitative estimate of drug-likeness (QED) is 0.0204. The Bertz CT molecular complexity index is 2150. The summed E-state index contributed by atoms with van der Waals surface area (Å²) in [5, 5.41) is 87.4. The highest BCUT2D eigenvalue weighted by Crippen LogP contribution is 2.30. The lowest BCUT2D eigenvalue weighted by molar-refractivity contribution is -0.359. The van der Waals surface area contributed by atoms with Gasteiger partial charge in [0.05, 0.1) is 32.0 Å². The van der Waals surface area contributed by atoms with Gasteiger partial charge in [0.15, 0.2) is 12.6 Å². The Hall–Kier alpha value is -4.39. The zero-order chi connectivity index (χ0) is 66.6. The molecule has 12 unspecified atom stereocenters. The van der Waals surface area contributed by atoms with Crippen LogP contribution < -0.4 is 5.32 Å². The Morgan fingerprint density at radius 2 is 0.761 bits per heavy atom. The van der Waals surface area contributed by atoms with Crippen LogP contribution in [0, 0.1) is 0 Å². The summed E-state index contributed by atoms with van der Waals surface area (Å²) in [5.41, 5.74) is 0. The number of aliphatic hydroxyl groups is 8. The SMILES string of the molecule is CC/C=C\C/C=C\C/C=C\C/C=C\C/C=C\C/C=C\C/C=C\C/C=C\C/C=C\C/C=C\CCCCCCC(=O)NC(COC1OC(CO)C(OC2OC(CO)C(O)C(O)C2O)C(O)C1O)C(O)/C=C/CC/C=C/CC/C=C/CCCCCCCCCCCCCCC. The van der Waals surface area contributed by atoms with Gasteiger partial charge in [-0.25, -0.2) is 0 Å². The van der Waals surface area contributed by atoms with Crippen LogP contribution in [0.25, 0.3) is 0 Å². The molecule has 522 valence electrons. The molecule has 1 amide bonds. The van der Waals surface area contributed by atoms with Gasteiger partial charge in [-0.05, 0) is 122 Å². The minimum Gasteiger partial charge on any atom is -0.394 e. The van der Waals surface area contributed by atoms with Crippen molar-refractivity contribution in [1.29, 1.82) is 0 Å². The van der Waals surface area contributed by atoms with Gasteiger partial charge >= 0.3 is 0 Å².